The van der Waals surface area contributed by atoms with Gasteiger partial charge in [-0.1, -0.05) is 54.9 Å². The van der Waals surface area contributed by atoms with E-state index in [1.807, 2.05) is 0 Å². The van der Waals surface area contributed by atoms with E-state index in [0.29, 0.717) is 16.8 Å². The van der Waals surface area contributed by atoms with Gasteiger partial charge in [0.05, 0.1) is 32.6 Å². The second kappa shape index (κ2) is 9.63. The number of alkyl halides is 3. The molecule has 1 N–H and O–H groups in total. The van der Waals surface area contributed by atoms with E-state index in [1.54, 1.807) is 43.3 Å². The molecule has 4 aromatic rings. The molecule has 0 fully saturated rings. The van der Waals surface area contributed by atoms with Crippen molar-refractivity contribution in [2.75, 3.05) is 5.75 Å². The van der Waals surface area contributed by atoms with Crippen molar-refractivity contribution in [1.29, 1.82) is 0 Å². The Hall–Kier alpha value is -3.14. The first-order valence-electron chi connectivity index (χ1n) is 11.3. The van der Waals surface area contributed by atoms with Crippen molar-refractivity contribution in [1.82, 2.24) is 9.55 Å². The average Bonchev–Trinajstić information content (AvgIpc) is 3.29. The van der Waals surface area contributed by atoms with Crippen LogP contribution in [-0.4, -0.2) is 28.8 Å². The minimum atomic E-state index is -4.63. The summed E-state index contributed by atoms with van der Waals surface area (Å²) in [5.41, 5.74) is -0.704. The molecule has 0 aliphatic carbocycles. The van der Waals surface area contributed by atoms with E-state index in [2.05, 4.69) is 4.98 Å². The van der Waals surface area contributed by atoms with Crippen molar-refractivity contribution >= 4 is 21.4 Å². The molecule has 0 bridgehead atoms. The van der Waals surface area contributed by atoms with Gasteiger partial charge in [-0.25, -0.2) is 13.4 Å². The molecule has 10 heteroatoms. The highest BCUT2D eigenvalue weighted by Gasteiger charge is 2.35. The first kappa shape index (κ1) is 26.9. The molecule has 1 heterocycles. The molecule has 194 valence electrons. The summed E-state index contributed by atoms with van der Waals surface area (Å²) < 4.78 is 67.5. The summed E-state index contributed by atoms with van der Waals surface area (Å²) in [4.78, 5) is 4.54. The zero-order valence-corrected chi connectivity index (χ0v) is 21.8. The molecule has 0 spiro atoms. The lowest BCUT2D eigenvalue weighted by atomic mass is 10.0. The van der Waals surface area contributed by atoms with Gasteiger partial charge in [-0.3, -0.25) is 4.57 Å². The number of aliphatic hydroxyl groups is 1. The predicted molar refractivity (Wildman–Crippen MR) is 137 cm³/mol. The number of sulfone groups is 1. The Kier molecular flexibility index (Phi) is 7.00. The molecule has 5 nitrogen and oxygen atoms in total. The number of nitrogens with zero attached hydrogens (tertiary/aromatic N) is 2. The number of halogens is 4. The van der Waals surface area contributed by atoms with E-state index in [9.17, 15) is 26.7 Å². The van der Waals surface area contributed by atoms with Crippen LogP contribution in [0.5, 0.6) is 0 Å². The number of aromatic nitrogens is 2. The van der Waals surface area contributed by atoms with Gasteiger partial charge in [-0.15, -0.1) is 0 Å². The minimum Gasteiger partial charge on any atom is -0.384 e. The summed E-state index contributed by atoms with van der Waals surface area (Å²) in [5.74, 6) is -0.0709. The second-order valence-electron chi connectivity index (χ2n) is 9.02. The molecule has 0 saturated carbocycles. The maximum atomic E-state index is 13.8. The van der Waals surface area contributed by atoms with Crippen molar-refractivity contribution in [2.24, 2.45) is 0 Å². The van der Waals surface area contributed by atoms with Crippen LogP contribution in [0.15, 0.2) is 77.8 Å². The molecule has 0 aliphatic rings. The Bertz CT molecular complexity index is 1570. The van der Waals surface area contributed by atoms with Crippen LogP contribution in [0.1, 0.15) is 32.0 Å². The lowest BCUT2D eigenvalue weighted by molar-refractivity contribution is -0.137. The minimum absolute atomic E-state index is 0.0317. The number of imidazole rings is 1. The summed E-state index contributed by atoms with van der Waals surface area (Å²) in [6.07, 6.45) is -3.17. The van der Waals surface area contributed by atoms with Gasteiger partial charge in [-0.05, 0) is 55.3 Å². The van der Waals surface area contributed by atoms with Crippen LogP contribution in [0, 0.1) is 0 Å². The van der Waals surface area contributed by atoms with E-state index in [-0.39, 0.29) is 32.8 Å². The van der Waals surface area contributed by atoms with Crippen molar-refractivity contribution in [2.45, 2.75) is 37.4 Å². The smallest absolute Gasteiger partial charge is 0.384 e. The van der Waals surface area contributed by atoms with Gasteiger partial charge >= 0.3 is 6.18 Å². The zero-order valence-electron chi connectivity index (χ0n) is 20.2. The first-order valence-corrected chi connectivity index (χ1v) is 13.4. The van der Waals surface area contributed by atoms with Gasteiger partial charge in [-0.2, -0.15) is 13.2 Å². The van der Waals surface area contributed by atoms with Crippen molar-refractivity contribution in [3.8, 4) is 28.2 Å². The third-order valence-corrected chi connectivity index (χ3v) is 7.95. The van der Waals surface area contributed by atoms with Crippen LogP contribution in [0.2, 0.25) is 5.02 Å². The number of hydrogen-bond donors (Lipinski definition) is 1. The number of benzene rings is 3. The van der Waals surface area contributed by atoms with E-state index in [4.69, 9.17) is 11.6 Å². The normalized spacial score (nSPS) is 12.6. The highest BCUT2D eigenvalue weighted by Crippen LogP contribution is 2.39. The summed E-state index contributed by atoms with van der Waals surface area (Å²) in [6.45, 7) is 4.54. The topological polar surface area (TPSA) is 72.2 Å². The summed E-state index contributed by atoms with van der Waals surface area (Å²) in [7, 11) is -3.41. The van der Waals surface area contributed by atoms with Crippen LogP contribution in [0.4, 0.5) is 13.2 Å². The van der Waals surface area contributed by atoms with Crippen molar-refractivity contribution in [3.05, 3.63) is 89.2 Å². The van der Waals surface area contributed by atoms with Crippen LogP contribution >= 0.6 is 11.6 Å². The lowest BCUT2D eigenvalue weighted by Gasteiger charge is -2.15. The molecule has 0 radical (unpaired) electrons. The summed E-state index contributed by atoms with van der Waals surface area (Å²) in [6, 6.07) is 16.4. The average molecular weight is 549 g/mol. The van der Waals surface area contributed by atoms with Gasteiger partial charge in [0.2, 0.25) is 0 Å². The standard InChI is InChI=1S/C27H24ClF3N2O3S/c1-4-37(35,36)19-9-7-8-17(14-19)18-12-13-23(22(28)15-18)33-16-24(26(2,3)34)32-25(33)20-10-5-6-11-21(20)27(29,30)31/h5-16,34H,4H2,1-3H3. The summed E-state index contributed by atoms with van der Waals surface area (Å²) >= 11 is 6.63. The monoisotopic (exact) mass is 548 g/mol. The maximum absolute atomic E-state index is 13.8. The van der Waals surface area contributed by atoms with Crippen molar-refractivity contribution < 1.29 is 26.7 Å². The fourth-order valence-electron chi connectivity index (χ4n) is 3.89. The fourth-order valence-corrected chi connectivity index (χ4v) is 5.09. The molecule has 0 amide bonds. The van der Waals surface area contributed by atoms with Crippen LogP contribution in [-0.2, 0) is 21.6 Å². The molecular weight excluding hydrogens is 525 g/mol. The number of hydrogen-bond acceptors (Lipinski definition) is 4. The van der Waals surface area contributed by atoms with Gasteiger partial charge < -0.3 is 5.11 Å². The molecule has 0 unspecified atom stereocenters. The van der Waals surface area contributed by atoms with Crippen LogP contribution in [0.25, 0.3) is 28.2 Å². The zero-order chi connectivity index (χ0) is 27.2. The first-order chi connectivity index (χ1) is 17.2. The SMILES string of the molecule is CCS(=O)(=O)c1cccc(-c2ccc(-n3cc(C(C)(C)O)nc3-c3ccccc3C(F)(F)F)c(Cl)c2)c1. The quantitative estimate of drug-likeness (QED) is 0.284. The molecule has 1 aromatic heterocycles. The molecule has 0 atom stereocenters. The Balaban J connectivity index is 1.88. The van der Waals surface area contributed by atoms with Gasteiger partial charge in [0, 0.05) is 11.8 Å². The van der Waals surface area contributed by atoms with Crippen LogP contribution < -0.4 is 0 Å². The maximum Gasteiger partial charge on any atom is 0.417 e. The molecule has 4 rings (SSSR count). The second-order valence-corrected chi connectivity index (χ2v) is 11.7. The van der Waals surface area contributed by atoms with Gasteiger partial charge in [0.25, 0.3) is 0 Å². The van der Waals surface area contributed by atoms with Gasteiger partial charge in [0.1, 0.15) is 11.4 Å². The molecule has 3 aromatic carbocycles. The highest BCUT2D eigenvalue weighted by molar-refractivity contribution is 7.91. The highest BCUT2D eigenvalue weighted by atomic mass is 35.5. The lowest BCUT2D eigenvalue weighted by Crippen LogP contribution is -2.15. The molecular formula is C27H24ClF3N2O3S. The summed E-state index contributed by atoms with van der Waals surface area (Å²) in [5, 5.41) is 10.7. The Morgan fingerprint density at radius 2 is 1.65 bits per heavy atom. The molecule has 0 aliphatic heterocycles. The number of rotatable bonds is 6. The molecule has 0 saturated heterocycles. The Labute approximate surface area is 218 Å². The largest absolute Gasteiger partial charge is 0.417 e. The van der Waals surface area contributed by atoms with Gasteiger partial charge in [0.15, 0.2) is 9.84 Å². The Morgan fingerprint density at radius 3 is 2.27 bits per heavy atom. The predicted octanol–water partition coefficient (Wildman–Crippen LogP) is 6.90. The third kappa shape index (κ3) is 5.44. The Morgan fingerprint density at radius 1 is 0.973 bits per heavy atom. The fraction of sp³-hybridized carbons (Fsp3) is 0.222. The third-order valence-electron chi connectivity index (χ3n) is 5.92. The van der Waals surface area contributed by atoms with E-state index in [1.165, 1.54) is 48.9 Å². The molecule has 37 heavy (non-hydrogen) atoms. The van der Waals surface area contributed by atoms with Crippen LogP contribution in [0.3, 0.4) is 0 Å². The van der Waals surface area contributed by atoms with E-state index < -0.39 is 27.2 Å². The van der Waals surface area contributed by atoms with Crippen molar-refractivity contribution in [3.63, 3.8) is 0 Å². The van der Waals surface area contributed by atoms with E-state index in [0.717, 1.165) is 6.07 Å². The van der Waals surface area contributed by atoms with E-state index >= 15 is 0 Å².